The summed E-state index contributed by atoms with van der Waals surface area (Å²) in [6, 6.07) is 0.373. The minimum atomic E-state index is 0.372. The molecule has 1 aliphatic carbocycles. The van der Waals surface area contributed by atoms with Crippen molar-refractivity contribution in [1.29, 1.82) is 0 Å². The second-order valence-corrected chi connectivity index (χ2v) is 8.55. The van der Waals surface area contributed by atoms with Gasteiger partial charge in [-0.05, 0) is 44.9 Å². The van der Waals surface area contributed by atoms with Crippen LogP contribution in [0.25, 0.3) is 11.3 Å². The van der Waals surface area contributed by atoms with Gasteiger partial charge in [0.1, 0.15) is 11.6 Å². The standard InChI is InChI=1S/C23H35N7O/c1-3-4-11-25-23-26-14-19(20-15-24-16-21(28-20)30-12-5-6-13-30)22(29-23)27-17-7-9-18(31-2)10-8-17/h14-18H,3-13H2,1-2H3,(H2,25,26,27,29). The van der Waals surface area contributed by atoms with Gasteiger partial charge in [-0.25, -0.2) is 9.97 Å². The summed E-state index contributed by atoms with van der Waals surface area (Å²) in [5.74, 6) is 2.43. The van der Waals surface area contributed by atoms with E-state index < -0.39 is 0 Å². The largest absolute Gasteiger partial charge is 0.381 e. The van der Waals surface area contributed by atoms with Gasteiger partial charge in [0.25, 0.3) is 0 Å². The Morgan fingerprint density at radius 2 is 1.87 bits per heavy atom. The molecule has 0 atom stereocenters. The summed E-state index contributed by atoms with van der Waals surface area (Å²) >= 11 is 0. The molecule has 2 aromatic rings. The third-order valence-corrected chi connectivity index (χ3v) is 6.28. The average molecular weight is 426 g/mol. The fourth-order valence-corrected chi connectivity index (χ4v) is 4.36. The molecule has 0 aromatic carbocycles. The quantitative estimate of drug-likeness (QED) is 0.580. The molecule has 0 amide bonds. The van der Waals surface area contributed by atoms with E-state index in [4.69, 9.17) is 14.7 Å². The molecule has 2 fully saturated rings. The first-order valence-corrected chi connectivity index (χ1v) is 11.7. The molecule has 4 rings (SSSR count). The van der Waals surface area contributed by atoms with Gasteiger partial charge in [0, 0.05) is 39.0 Å². The Morgan fingerprint density at radius 1 is 1.06 bits per heavy atom. The number of rotatable bonds is 9. The maximum Gasteiger partial charge on any atom is 0.224 e. The molecule has 8 heteroatoms. The van der Waals surface area contributed by atoms with Crippen LogP contribution in [-0.2, 0) is 4.74 Å². The van der Waals surface area contributed by atoms with Crippen LogP contribution in [0.5, 0.6) is 0 Å². The lowest BCUT2D eigenvalue weighted by Gasteiger charge is -2.29. The highest BCUT2D eigenvalue weighted by atomic mass is 16.5. The molecule has 0 bridgehead atoms. The van der Waals surface area contributed by atoms with E-state index in [9.17, 15) is 0 Å². The predicted octanol–water partition coefficient (Wildman–Crippen LogP) is 4.12. The van der Waals surface area contributed by atoms with Gasteiger partial charge in [-0.3, -0.25) is 4.98 Å². The molecule has 31 heavy (non-hydrogen) atoms. The SMILES string of the molecule is CCCCNc1ncc(-c2cncc(N3CCCC3)n2)c(NC2CCC(OC)CC2)n1. The van der Waals surface area contributed by atoms with Crippen molar-refractivity contribution in [3.8, 4) is 11.3 Å². The number of aromatic nitrogens is 4. The van der Waals surface area contributed by atoms with Crippen molar-refractivity contribution < 1.29 is 4.74 Å². The highest BCUT2D eigenvalue weighted by Crippen LogP contribution is 2.30. The number of nitrogens with zero attached hydrogens (tertiary/aromatic N) is 5. The number of unbranched alkanes of at least 4 members (excludes halogenated alkanes) is 1. The molecule has 0 spiro atoms. The fourth-order valence-electron chi connectivity index (χ4n) is 4.36. The van der Waals surface area contributed by atoms with Crippen molar-refractivity contribution >= 4 is 17.6 Å². The van der Waals surface area contributed by atoms with Crippen LogP contribution in [0.3, 0.4) is 0 Å². The highest BCUT2D eigenvalue weighted by Gasteiger charge is 2.23. The van der Waals surface area contributed by atoms with Gasteiger partial charge in [-0.15, -0.1) is 0 Å². The van der Waals surface area contributed by atoms with E-state index in [0.29, 0.717) is 18.1 Å². The summed E-state index contributed by atoms with van der Waals surface area (Å²) < 4.78 is 5.53. The molecular formula is C23H35N7O. The van der Waals surface area contributed by atoms with Crippen molar-refractivity contribution in [3.63, 3.8) is 0 Å². The van der Waals surface area contributed by atoms with Gasteiger partial charge in [0.2, 0.25) is 5.95 Å². The summed E-state index contributed by atoms with van der Waals surface area (Å²) in [6.07, 6.45) is 14.9. The summed E-state index contributed by atoms with van der Waals surface area (Å²) in [5.41, 5.74) is 1.72. The van der Waals surface area contributed by atoms with Crippen LogP contribution in [0.2, 0.25) is 0 Å². The maximum atomic E-state index is 5.53. The number of hydrogen-bond acceptors (Lipinski definition) is 8. The first-order chi connectivity index (χ1) is 15.3. The molecule has 1 saturated heterocycles. The normalized spacial score (nSPS) is 21.3. The topological polar surface area (TPSA) is 88.1 Å². The fraction of sp³-hybridized carbons (Fsp3) is 0.652. The molecule has 0 unspecified atom stereocenters. The summed E-state index contributed by atoms with van der Waals surface area (Å²) in [7, 11) is 1.81. The third-order valence-electron chi connectivity index (χ3n) is 6.28. The lowest BCUT2D eigenvalue weighted by Crippen LogP contribution is -2.30. The van der Waals surface area contributed by atoms with Gasteiger partial charge >= 0.3 is 0 Å². The van der Waals surface area contributed by atoms with Gasteiger partial charge in [0.15, 0.2) is 0 Å². The van der Waals surface area contributed by atoms with E-state index >= 15 is 0 Å². The number of methoxy groups -OCH3 is 1. The zero-order chi connectivity index (χ0) is 21.5. The minimum Gasteiger partial charge on any atom is -0.381 e. The van der Waals surface area contributed by atoms with Crippen molar-refractivity contribution in [2.45, 2.75) is 70.4 Å². The summed E-state index contributed by atoms with van der Waals surface area (Å²) in [5, 5.41) is 7.03. The molecule has 2 aromatic heterocycles. The summed E-state index contributed by atoms with van der Waals surface area (Å²) in [4.78, 5) is 21.1. The number of nitrogens with one attached hydrogen (secondary N) is 2. The van der Waals surface area contributed by atoms with Crippen molar-refractivity contribution in [2.75, 3.05) is 42.3 Å². The number of anilines is 3. The number of hydrogen-bond donors (Lipinski definition) is 2. The van der Waals surface area contributed by atoms with E-state index in [1.807, 2.05) is 18.6 Å². The molecule has 2 N–H and O–H groups in total. The van der Waals surface area contributed by atoms with Gasteiger partial charge in [-0.1, -0.05) is 13.3 Å². The molecule has 1 aliphatic heterocycles. The van der Waals surface area contributed by atoms with Crippen LogP contribution in [0.4, 0.5) is 17.6 Å². The first-order valence-electron chi connectivity index (χ1n) is 11.7. The van der Waals surface area contributed by atoms with Crippen LogP contribution >= 0.6 is 0 Å². The van der Waals surface area contributed by atoms with Crippen LogP contribution in [0.15, 0.2) is 18.6 Å². The second kappa shape index (κ2) is 10.7. The molecule has 3 heterocycles. The zero-order valence-corrected chi connectivity index (χ0v) is 18.8. The van der Waals surface area contributed by atoms with E-state index in [2.05, 4.69) is 32.4 Å². The Labute approximate surface area is 185 Å². The zero-order valence-electron chi connectivity index (χ0n) is 18.8. The average Bonchev–Trinajstić information content (AvgIpc) is 3.35. The van der Waals surface area contributed by atoms with Gasteiger partial charge in [0.05, 0.1) is 29.8 Å². The smallest absolute Gasteiger partial charge is 0.224 e. The lowest BCUT2D eigenvalue weighted by molar-refractivity contribution is 0.0681. The predicted molar refractivity (Wildman–Crippen MR) is 125 cm³/mol. The monoisotopic (exact) mass is 425 g/mol. The van der Waals surface area contributed by atoms with Crippen LogP contribution in [0, 0.1) is 0 Å². The molecule has 0 radical (unpaired) electrons. The number of ether oxygens (including phenoxy) is 1. The summed E-state index contributed by atoms with van der Waals surface area (Å²) in [6.45, 7) is 5.14. The molecule has 1 saturated carbocycles. The first kappa shape index (κ1) is 21.7. The van der Waals surface area contributed by atoms with Crippen molar-refractivity contribution in [2.24, 2.45) is 0 Å². The van der Waals surface area contributed by atoms with Crippen LogP contribution in [0.1, 0.15) is 58.3 Å². The molecule has 8 nitrogen and oxygen atoms in total. The van der Waals surface area contributed by atoms with Crippen LogP contribution in [-0.4, -0.2) is 58.8 Å². The highest BCUT2D eigenvalue weighted by molar-refractivity contribution is 5.73. The Kier molecular flexibility index (Phi) is 7.51. The lowest BCUT2D eigenvalue weighted by atomic mass is 9.93. The van der Waals surface area contributed by atoms with Gasteiger partial charge < -0.3 is 20.3 Å². The Balaban J connectivity index is 1.57. The van der Waals surface area contributed by atoms with E-state index in [1.54, 1.807) is 7.11 Å². The second-order valence-electron chi connectivity index (χ2n) is 8.55. The van der Waals surface area contributed by atoms with E-state index in [1.165, 1.54) is 12.8 Å². The minimum absolute atomic E-state index is 0.372. The maximum absolute atomic E-state index is 5.53. The van der Waals surface area contributed by atoms with Crippen molar-refractivity contribution in [1.82, 2.24) is 19.9 Å². The van der Waals surface area contributed by atoms with Gasteiger partial charge in [-0.2, -0.15) is 4.98 Å². The van der Waals surface area contributed by atoms with Crippen LogP contribution < -0.4 is 15.5 Å². The molecule has 2 aliphatic rings. The Morgan fingerprint density at radius 3 is 2.61 bits per heavy atom. The Bertz CT molecular complexity index is 832. The van der Waals surface area contributed by atoms with E-state index in [0.717, 1.165) is 81.1 Å². The third kappa shape index (κ3) is 5.61. The van der Waals surface area contributed by atoms with E-state index in [-0.39, 0.29) is 0 Å². The molecular weight excluding hydrogens is 390 g/mol. The van der Waals surface area contributed by atoms with Crippen molar-refractivity contribution in [3.05, 3.63) is 18.6 Å². The Hall–Kier alpha value is -2.48. The molecule has 168 valence electrons.